The summed E-state index contributed by atoms with van der Waals surface area (Å²) in [6.45, 7) is 0. The maximum atomic E-state index is 11.3. The van der Waals surface area contributed by atoms with Crippen molar-refractivity contribution in [2.24, 2.45) is 4.99 Å². The van der Waals surface area contributed by atoms with Gasteiger partial charge in [0.2, 0.25) is 0 Å². The van der Waals surface area contributed by atoms with Crippen molar-refractivity contribution < 1.29 is 19.7 Å². The van der Waals surface area contributed by atoms with Crippen LogP contribution >= 0.6 is 0 Å². The summed E-state index contributed by atoms with van der Waals surface area (Å²) in [6, 6.07) is 10.7. The SMILES string of the molecule is [11CH3]OC(=O)c1ccc(N=Cc2cc(O)ccc2O)cc1. The molecular weight excluding hydrogens is 257 g/mol. The fraction of sp³-hybridized carbons (Fsp3) is 0.0667. The van der Waals surface area contributed by atoms with E-state index in [4.69, 9.17) is 0 Å². The summed E-state index contributed by atoms with van der Waals surface area (Å²) in [7, 11) is 1.32. The third kappa shape index (κ3) is 3.14. The highest BCUT2D eigenvalue weighted by atomic mass is 16.5. The Morgan fingerprint density at radius 2 is 1.85 bits per heavy atom. The first-order chi connectivity index (χ1) is 9.60. The predicted octanol–water partition coefficient (Wildman–Crippen LogP) is 2.64. The molecule has 0 aliphatic carbocycles. The van der Waals surface area contributed by atoms with Crippen LogP contribution in [0.25, 0.3) is 0 Å². The molecule has 5 heteroatoms. The second kappa shape index (κ2) is 5.88. The number of esters is 1. The lowest BCUT2D eigenvalue weighted by atomic mass is 10.2. The summed E-state index contributed by atoms with van der Waals surface area (Å²) < 4.78 is 4.60. The largest absolute Gasteiger partial charge is 0.508 e. The van der Waals surface area contributed by atoms with Gasteiger partial charge in [-0.25, -0.2) is 4.79 Å². The molecule has 0 aliphatic heterocycles. The fourth-order valence-electron chi connectivity index (χ4n) is 1.59. The molecule has 0 heterocycles. The zero-order valence-corrected chi connectivity index (χ0v) is 10.8. The standard InChI is InChI=1S/C15H13NO4/c1-20-15(19)10-2-4-12(5-3-10)16-9-11-8-13(17)6-7-14(11)18/h2-9,17-18H,1H3/i1-1. The number of methoxy groups -OCH3 is 1. The number of phenols is 2. The third-order valence-corrected chi connectivity index (χ3v) is 2.65. The highest BCUT2D eigenvalue weighted by Gasteiger charge is 2.04. The van der Waals surface area contributed by atoms with Crippen LogP contribution in [0.4, 0.5) is 5.69 Å². The molecule has 2 N–H and O–H groups in total. The van der Waals surface area contributed by atoms with Gasteiger partial charge in [-0.1, -0.05) is 0 Å². The molecule has 0 bridgehead atoms. The van der Waals surface area contributed by atoms with E-state index in [1.807, 2.05) is 0 Å². The van der Waals surface area contributed by atoms with Gasteiger partial charge in [-0.2, -0.15) is 0 Å². The number of carbonyl (C=O) groups is 1. The molecule has 0 saturated carbocycles. The Morgan fingerprint density at radius 3 is 2.50 bits per heavy atom. The average molecular weight is 270 g/mol. The van der Waals surface area contributed by atoms with Gasteiger partial charge in [-0.3, -0.25) is 4.99 Å². The van der Waals surface area contributed by atoms with Crippen molar-refractivity contribution >= 4 is 17.9 Å². The van der Waals surface area contributed by atoms with Gasteiger partial charge in [0, 0.05) is 11.8 Å². The van der Waals surface area contributed by atoms with Gasteiger partial charge >= 0.3 is 5.97 Å². The molecule has 2 aromatic rings. The molecule has 0 saturated heterocycles. The molecule has 2 rings (SSSR count). The van der Waals surface area contributed by atoms with Crippen molar-refractivity contribution in [3.8, 4) is 11.5 Å². The van der Waals surface area contributed by atoms with E-state index in [-0.39, 0.29) is 11.5 Å². The minimum absolute atomic E-state index is 0.0257. The van der Waals surface area contributed by atoms with E-state index in [0.29, 0.717) is 16.8 Å². The Morgan fingerprint density at radius 1 is 1.15 bits per heavy atom. The van der Waals surface area contributed by atoms with Gasteiger partial charge in [-0.05, 0) is 42.5 Å². The molecule has 5 nitrogen and oxygen atoms in total. The lowest BCUT2D eigenvalue weighted by Crippen LogP contribution is -1.99. The summed E-state index contributed by atoms with van der Waals surface area (Å²) in [4.78, 5) is 15.4. The van der Waals surface area contributed by atoms with Crippen LogP contribution in [-0.2, 0) is 4.74 Å². The van der Waals surface area contributed by atoms with E-state index in [9.17, 15) is 15.0 Å². The van der Waals surface area contributed by atoms with Crippen molar-refractivity contribution in [2.45, 2.75) is 0 Å². The molecule has 0 unspecified atom stereocenters. The van der Waals surface area contributed by atoms with Gasteiger partial charge in [0.05, 0.1) is 18.4 Å². The maximum absolute atomic E-state index is 11.3. The molecule has 20 heavy (non-hydrogen) atoms. The number of ether oxygens (including phenoxy) is 1. The first kappa shape index (κ1) is 13.6. The van der Waals surface area contributed by atoms with E-state index < -0.39 is 5.97 Å². The van der Waals surface area contributed by atoms with E-state index >= 15 is 0 Å². The van der Waals surface area contributed by atoms with Gasteiger partial charge < -0.3 is 14.9 Å². The van der Waals surface area contributed by atoms with Crippen LogP contribution < -0.4 is 0 Å². The third-order valence-electron chi connectivity index (χ3n) is 2.65. The summed E-state index contributed by atoms with van der Waals surface area (Å²) in [6.07, 6.45) is 1.43. The van der Waals surface area contributed by atoms with Crippen LogP contribution in [0.5, 0.6) is 11.5 Å². The van der Waals surface area contributed by atoms with Crippen molar-refractivity contribution in [3.63, 3.8) is 0 Å². The molecule has 0 spiro atoms. The first-order valence-electron chi connectivity index (χ1n) is 5.84. The van der Waals surface area contributed by atoms with Crippen LogP contribution in [-0.4, -0.2) is 29.5 Å². The number of hydrogen-bond acceptors (Lipinski definition) is 5. The van der Waals surface area contributed by atoms with Gasteiger partial charge in [-0.15, -0.1) is 0 Å². The van der Waals surface area contributed by atoms with Crippen molar-refractivity contribution in [1.82, 2.24) is 0 Å². The smallest absolute Gasteiger partial charge is 0.337 e. The quantitative estimate of drug-likeness (QED) is 0.510. The normalized spacial score (nSPS) is 10.7. The van der Waals surface area contributed by atoms with Crippen LogP contribution in [0.1, 0.15) is 15.9 Å². The summed E-state index contributed by atoms with van der Waals surface area (Å²) in [5.41, 5.74) is 1.45. The van der Waals surface area contributed by atoms with Gasteiger partial charge in [0.1, 0.15) is 11.5 Å². The van der Waals surface area contributed by atoms with E-state index in [2.05, 4.69) is 9.73 Å². The molecule has 0 fully saturated rings. The Labute approximate surface area is 115 Å². The van der Waals surface area contributed by atoms with Crippen LogP contribution in [0, 0.1) is 0 Å². The number of aromatic hydroxyl groups is 2. The lowest BCUT2D eigenvalue weighted by molar-refractivity contribution is 0.0601. The zero-order chi connectivity index (χ0) is 14.5. The monoisotopic (exact) mass is 270 g/mol. The Hall–Kier alpha value is -2.82. The fourth-order valence-corrected chi connectivity index (χ4v) is 1.59. The minimum atomic E-state index is -0.411. The molecule has 0 aliphatic rings. The zero-order valence-electron chi connectivity index (χ0n) is 10.8. The molecule has 0 atom stereocenters. The van der Waals surface area contributed by atoms with Crippen molar-refractivity contribution in [2.75, 3.05) is 7.11 Å². The number of phenolic OH excluding ortho intramolecular Hbond substituents is 2. The van der Waals surface area contributed by atoms with Crippen LogP contribution in [0.15, 0.2) is 47.5 Å². The molecule has 0 amide bonds. The second-order valence-electron chi connectivity index (χ2n) is 4.04. The maximum Gasteiger partial charge on any atom is 0.337 e. The molecule has 2 aromatic carbocycles. The Balaban J connectivity index is 2.19. The number of rotatable bonds is 3. The van der Waals surface area contributed by atoms with E-state index in [0.717, 1.165) is 0 Å². The number of hydrogen-bond donors (Lipinski definition) is 2. The Bertz CT molecular complexity index is 647. The number of benzene rings is 2. The summed E-state index contributed by atoms with van der Waals surface area (Å²) >= 11 is 0. The van der Waals surface area contributed by atoms with Crippen LogP contribution in [0.3, 0.4) is 0 Å². The molecule has 0 aromatic heterocycles. The van der Waals surface area contributed by atoms with E-state index in [1.165, 1.54) is 31.5 Å². The molecule has 0 radical (unpaired) electrons. The topological polar surface area (TPSA) is 79.1 Å². The van der Waals surface area contributed by atoms with E-state index in [1.54, 1.807) is 24.3 Å². The first-order valence-corrected chi connectivity index (χ1v) is 5.84. The number of aliphatic imine (C=N–C) groups is 1. The number of nitrogens with zero attached hydrogens (tertiary/aromatic N) is 1. The highest BCUT2D eigenvalue weighted by Crippen LogP contribution is 2.21. The molecule has 102 valence electrons. The van der Waals surface area contributed by atoms with Crippen molar-refractivity contribution in [1.29, 1.82) is 0 Å². The summed E-state index contributed by atoms with van der Waals surface area (Å²) in [5, 5.41) is 18.9. The molecular formula is C15H13NO4. The van der Waals surface area contributed by atoms with Gasteiger partial charge in [0.15, 0.2) is 0 Å². The minimum Gasteiger partial charge on any atom is -0.508 e. The predicted molar refractivity (Wildman–Crippen MR) is 74.8 cm³/mol. The summed E-state index contributed by atoms with van der Waals surface area (Å²) in [5.74, 6) is -0.339. The average Bonchev–Trinajstić information content (AvgIpc) is 2.48. The van der Waals surface area contributed by atoms with Crippen LogP contribution in [0.2, 0.25) is 0 Å². The van der Waals surface area contributed by atoms with Gasteiger partial charge in [0.25, 0.3) is 0 Å². The lowest BCUT2D eigenvalue weighted by Gasteiger charge is -2.00. The van der Waals surface area contributed by atoms with Crippen molar-refractivity contribution in [3.05, 3.63) is 53.6 Å². The number of carbonyl (C=O) groups excluding carboxylic acids is 1. The second-order valence-corrected chi connectivity index (χ2v) is 4.04. The highest BCUT2D eigenvalue weighted by molar-refractivity contribution is 5.90. The Kier molecular flexibility index (Phi) is 4.00.